The number of hydrogen-bond acceptors (Lipinski definition) is 7. The van der Waals surface area contributed by atoms with E-state index in [1.54, 1.807) is 14.2 Å². The monoisotopic (exact) mass is 632 g/mol. The second kappa shape index (κ2) is 38.9. The third-order valence-corrected chi connectivity index (χ3v) is 8.48. The van der Waals surface area contributed by atoms with Crippen molar-refractivity contribution < 1.29 is 29.0 Å². The van der Waals surface area contributed by atoms with Crippen molar-refractivity contribution in [1.82, 2.24) is 4.90 Å². The largest absolute Gasteiger partial charge is 0.379 e. The Morgan fingerprint density at radius 3 is 1.18 bits per heavy atom. The van der Waals surface area contributed by atoms with Crippen molar-refractivity contribution >= 4 is 0 Å². The summed E-state index contributed by atoms with van der Waals surface area (Å²) in [4.78, 5) is 22.1. The Kier molecular flexibility index (Phi) is 38.7. The normalized spacial score (nSPS) is 12.5. The van der Waals surface area contributed by atoms with Gasteiger partial charge in [0, 0.05) is 32.8 Å². The number of unbranched alkanes of at least 4 members (excludes halogenated alkanes) is 22. The van der Waals surface area contributed by atoms with Crippen molar-refractivity contribution in [1.29, 1.82) is 0 Å². The Morgan fingerprint density at radius 1 is 0.432 bits per heavy atom. The zero-order valence-electron chi connectivity index (χ0n) is 30.1. The van der Waals surface area contributed by atoms with Gasteiger partial charge in [0.25, 0.3) is 0 Å². The van der Waals surface area contributed by atoms with E-state index in [0.717, 1.165) is 45.7 Å². The molecule has 0 aromatic carbocycles. The van der Waals surface area contributed by atoms with E-state index in [1.807, 2.05) is 0 Å². The minimum atomic E-state index is 0.0325. The highest BCUT2D eigenvalue weighted by molar-refractivity contribution is 4.67. The quantitative estimate of drug-likeness (QED) is 0.0380. The lowest BCUT2D eigenvalue weighted by molar-refractivity contribution is -0.280. The Labute approximate surface area is 274 Å². The molecule has 1 atom stereocenters. The first-order valence-electron chi connectivity index (χ1n) is 19.0. The van der Waals surface area contributed by atoms with Crippen LogP contribution in [0.3, 0.4) is 0 Å². The molecule has 0 spiro atoms. The van der Waals surface area contributed by atoms with Crippen molar-refractivity contribution in [2.24, 2.45) is 0 Å². The molecule has 0 radical (unpaired) electrons. The summed E-state index contributed by atoms with van der Waals surface area (Å²) in [5.74, 6) is 0. The SMILES string of the molecule is CCCCCCCCCCCCCCOCC(CN(CCOOC)CCOOC)OCCCCCCCCCCCCCC. The number of nitrogens with zero attached hydrogens (tertiary/aromatic N) is 1. The molecule has 0 saturated heterocycles. The molecule has 266 valence electrons. The van der Waals surface area contributed by atoms with Gasteiger partial charge in [0.1, 0.15) is 0 Å². The fourth-order valence-corrected chi connectivity index (χ4v) is 5.69. The van der Waals surface area contributed by atoms with Gasteiger partial charge in [-0.05, 0) is 12.8 Å². The highest BCUT2D eigenvalue weighted by Gasteiger charge is 2.16. The maximum Gasteiger partial charge on any atom is 0.0949 e. The summed E-state index contributed by atoms with van der Waals surface area (Å²) in [5, 5.41) is 0. The van der Waals surface area contributed by atoms with Gasteiger partial charge < -0.3 is 9.47 Å². The molecule has 0 aromatic heterocycles. The molecule has 0 saturated carbocycles. The summed E-state index contributed by atoms with van der Waals surface area (Å²) >= 11 is 0. The lowest BCUT2D eigenvalue weighted by atomic mass is 10.1. The minimum Gasteiger partial charge on any atom is -0.379 e. The summed E-state index contributed by atoms with van der Waals surface area (Å²) < 4.78 is 12.5. The van der Waals surface area contributed by atoms with E-state index in [9.17, 15) is 0 Å². The van der Waals surface area contributed by atoms with Gasteiger partial charge in [-0.3, -0.25) is 4.90 Å². The molecule has 7 heteroatoms. The molecule has 0 aliphatic rings. The molecule has 0 rings (SSSR count). The third-order valence-electron chi connectivity index (χ3n) is 8.48. The van der Waals surface area contributed by atoms with E-state index in [1.165, 1.54) is 141 Å². The maximum absolute atomic E-state index is 6.38. The molecule has 0 aromatic rings. The molecular formula is C37H77NO6. The lowest BCUT2D eigenvalue weighted by Crippen LogP contribution is -2.40. The molecule has 0 bridgehead atoms. The van der Waals surface area contributed by atoms with Crippen molar-refractivity contribution in [3.05, 3.63) is 0 Å². The highest BCUT2D eigenvalue weighted by Crippen LogP contribution is 2.14. The van der Waals surface area contributed by atoms with E-state index in [4.69, 9.17) is 29.0 Å². The first-order chi connectivity index (χ1) is 21.8. The van der Waals surface area contributed by atoms with Crippen LogP contribution >= 0.6 is 0 Å². The summed E-state index contributed by atoms with van der Waals surface area (Å²) in [7, 11) is 3.09. The number of rotatable bonds is 39. The van der Waals surface area contributed by atoms with E-state index in [-0.39, 0.29) is 6.10 Å². The van der Waals surface area contributed by atoms with Crippen LogP contribution in [-0.2, 0) is 29.0 Å². The summed E-state index contributed by atoms with van der Waals surface area (Å²) in [6.07, 6.45) is 32.6. The second-order valence-corrected chi connectivity index (χ2v) is 12.6. The minimum absolute atomic E-state index is 0.0325. The molecule has 0 N–H and O–H groups in total. The van der Waals surface area contributed by atoms with Gasteiger partial charge in [-0.1, -0.05) is 155 Å². The molecule has 7 nitrogen and oxygen atoms in total. The summed E-state index contributed by atoms with van der Waals surface area (Å²) in [6.45, 7) is 10.0. The Balaban J connectivity index is 4.20. The number of ether oxygens (including phenoxy) is 2. The zero-order valence-corrected chi connectivity index (χ0v) is 30.1. The third kappa shape index (κ3) is 34.6. The van der Waals surface area contributed by atoms with Crippen LogP contribution in [-0.4, -0.2) is 77.9 Å². The van der Waals surface area contributed by atoms with Crippen LogP contribution in [0.5, 0.6) is 0 Å². The molecular weight excluding hydrogens is 554 g/mol. The van der Waals surface area contributed by atoms with Crippen LogP contribution in [0.15, 0.2) is 0 Å². The average Bonchev–Trinajstić information content (AvgIpc) is 3.03. The van der Waals surface area contributed by atoms with Gasteiger partial charge in [0.2, 0.25) is 0 Å². The Morgan fingerprint density at radius 2 is 0.795 bits per heavy atom. The van der Waals surface area contributed by atoms with Crippen molar-refractivity contribution in [2.45, 2.75) is 174 Å². The van der Waals surface area contributed by atoms with Crippen molar-refractivity contribution in [3.63, 3.8) is 0 Å². The van der Waals surface area contributed by atoms with Gasteiger partial charge in [-0.15, -0.1) is 0 Å². The maximum atomic E-state index is 6.38. The smallest absolute Gasteiger partial charge is 0.0949 e. The van der Waals surface area contributed by atoms with Crippen molar-refractivity contribution in [2.75, 3.05) is 66.9 Å². The van der Waals surface area contributed by atoms with Crippen LogP contribution in [0.2, 0.25) is 0 Å². The van der Waals surface area contributed by atoms with Crippen LogP contribution in [0, 0.1) is 0 Å². The molecule has 0 fully saturated rings. The zero-order chi connectivity index (χ0) is 32.0. The average molecular weight is 632 g/mol. The van der Waals surface area contributed by atoms with E-state index in [2.05, 4.69) is 18.7 Å². The van der Waals surface area contributed by atoms with Gasteiger partial charge in [0.15, 0.2) is 0 Å². The fraction of sp³-hybridized carbons (Fsp3) is 1.00. The van der Waals surface area contributed by atoms with E-state index >= 15 is 0 Å². The van der Waals surface area contributed by atoms with E-state index < -0.39 is 0 Å². The van der Waals surface area contributed by atoms with Gasteiger partial charge in [-0.25, -0.2) is 19.6 Å². The molecule has 1 unspecified atom stereocenters. The molecule has 0 heterocycles. The topological polar surface area (TPSA) is 58.6 Å². The van der Waals surface area contributed by atoms with E-state index in [0.29, 0.717) is 19.8 Å². The first-order valence-corrected chi connectivity index (χ1v) is 19.0. The molecule has 0 amide bonds. The van der Waals surface area contributed by atoms with Gasteiger partial charge in [-0.2, -0.15) is 0 Å². The van der Waals surface area contributed by atoms with Crippen LogP contribution < -0.4 is 0 Å². The molecule has 44 heavy (non-hydrogen) atoms. The Hall–Kier alpha value is -0.280. The second-order valence-electron chi connectivity index (χ2n) is 12.6. The summed E-state index contributed by atoms with van der Waals surface area (Å²) in [5.41, 5.74) is 0. The lowest BCUT2D eigenvalue weighted by Gasteiger charge is -2.27. The summed E-state index contributed by atoms with van der Waals surface area (Å²) in [6, 6.07) is 0. The van der Waals surface area contributed by atoms with Crippen LogP contribution in [0.4, 0.5) is 0 Å². The van der Waals surface area contributed by atoms with Gasteiger partial charge in [0.05, 0.1) is 40.1 Å². The molecule has 0 aliphatic carbocycles. The van der Waals surface area contributed by atoms with Gasteiger partial charge >= 0.3 is 0 Å². The fourth-order valence-electron chi connectivity index (χ4n) is 5.69. The standard InChI is InChI=1S/C37H77NO6/c1-5-7-9-11-13-15-17-19-21-23-25-27-31-41-36-37(35-38(29-33-43-39-3)30-34-44-40-4)42-32-28-26-24-22-20-18-16-14-12-10-8-6-2/h37H,5-36H2,1-4H3. The molecule has 0 aliphatic heterocycles. The predicted molar refractivity (Wildman–Crippen MR) is 185 cm³/mol. The first kappa shape index (κ1) is 43.7. The predicted octanol–water partition coefficient (Wildman–Crippen LogP) is 10.2. The van der Waals surface area contributed by atoms with Crippen LogP contribution in [0.25, 0.3) is 0 Å². The number of hydrogen-bond donors (Lipinski definition) is 0. The highest BCUT2D eigenvalue weighted by atomic mass is 17.2. The Bertz CT molecular complexity index is 502. The van der Waals surface area contributed by atoms with Crippen LogP contribution in [0.1, 0.15) is 168 Å². The van der Waals surface area contributed by atoms with Crippen molar-refractivity contribution in [3.8, 4) is 0 Å².